The zero-order valence-corrected chi connectivity index (χ0v) is 20.4. The number of rotatable bonds is 5. The van der Waals surface area contributed by atoms with Crippen molar-refractivity contribution in [2.75, 3.05) is 39.4 Å². The van der Waals surface area contributed by atoms with Crippen LogP contribution in [0.3, 0.4) is 0 Å². The summed E-state index contributed by atoms with van der Waals surface area (Å²) in [5.74, 6) is -0.0668. The number of benzene rings is 1. The van der Waals surface area contributed by atoms with Gasteiger partial charge in [0.25, 0.3) is 5.91 Å². The van der Waals surface area contributed by atoms with E-state index < -0.39 is 5.54 Å². The molecule has 1 N–H and O–H groups in total. The Balaban J connectivity index is 1.43. The number of carbonyl (C=O) groups excluding carboxylic acids is 2. The highest BCUT2D eigenvalue weighted by Gasteiger charge is 2.48. The molecule has 1 saturated carbocycles. The molecule has 5 rings (SSSR count). The van der Waals surface area contributed by atoms with Crippen LogP contribution in [0.25, 0.3) is 10.9 Å². The lowest BCUT2D eigenvalue weighted by Gasteiger charge is -2.45. The number of hydrogen-bond acceptors (Lipinski definition) is 4. The number of nitrogens with one attached hydrogen (secondary N) is 1. The van der Waals surface area contributed by atoms with Gasteiger partial charge in [0, 0.05) is 43.1 Å². The van der Waals surface area contributed by atoms with E-state index in [-0.39, 0.29) is 17.9 Å². The summed E-state index contributed by atoms with van der Waals surface area (Å²) >= 11 is 0. The van der Waals surface area contributed by atoms with Crippen molar-refractivity contribution >= 4 is 22.7 Å². The Morgan fingerprint density at radius 1 is 1.06 bits per heavy atom. The van der Waals surface area contributed by atoms with Gasteiger partial charge in [-0.15, -0.1) is 0 Å². The molecule has 7 heteroatoms. The van der Waals surface area contributed by atoms with E-state index in [2.05, 4.69) is 14.8 Å². The van der Waals surface area contributed by atoms with E-state index in [0.717, 1.165) is 69.4 Å². The maximum Gasteiger partial charge on any atom is 0.271 e. The Kier molecular flexibility index (Phi) is 6.93. The van der Waals surface area contributed by atoms with Gasteiger partial charge < -0.3 is 19.5 Å². The van der Waals surface area contributed by atoms with E-state index >= 15 is 0 Å². The van der Waals surface area contributed by atoms with E-state index in [1.807, 2.05) is 42.2 Å². The Labute approximate surface area is 202 Å². The lowest BCUT2D eigenvalue weighted by molar-refractivity contribution is -0.134. The molecule has 34 heavy (non-hydrogen) atoms. The highest BCUT2D eigenvalue weighted by molar-refractivity contribution is 6.03. The maximum absolute atomic E-state index is 13.9. The third kappa shape index (κ3) is 4.60. The molecule has 7 nitrogen and oxygen atoms in total. The maximum atomic E-state index is 13.9. The predicted octanol–water partition coefficient (Wildman–Crippen LogP) is 3.42. The number of carbonyl (C=O) groups is 2. The van der Waals surface area contributed by atoms with E-state index in [0.29, 0.717) is 18.8 Å². The number of nitrogens with zero attached hydrogens (tertiary/aromatic N) is 3. The van der Waals surface area contributed by atoms with Crippen molar-refractivity contribution in [3.05, 3.63) is 36.0 Å². The van der Waals surface area contributed by atoms with Gasteiger partial charge in [0.1, 0.15) is 11.2 Å². The van der Waals surface area contributed by atoms with E-state index in [1.165, 1.54) is 19.3 Å². The normalized spacial score (nSPS) is 25.1. The second-order valence-corrected chi connectivity index (χ2v) is 10.4. The second-order valence-electron chi connectivity index (χ2n) is 10.4. The summed E-state index contributed by atoms with van der Waals surface area (Å²) in [6, 6.07) is 10.3. The number of para-hydroxylation sites is 1. The number of amides is 2. The molecule has 2 amide bonds. The molecular weight excluding hydrogens is 428 g/mol. The van der Waals surface area contributed by atoms with Crippen molar-refractivity contribution in [1.29, 1.82) is 0 Å². The van der Waals surface area contributed by atoms with Crippen LogP contribution in [-0.2, 0) is 16.1 Å². The fraction of sp³-hybridized carbons (Fsp3) is 0.630. The van der Waals surface area contributed by atoms with Crippen LogP contribution in [0.5, 0.6) is 0 Å². The smallest absolute Gasteiger partial charge is 0.271 e. The van der Waals surface area contributed by atoms with Gasteiger partial charge in [-0.1, -0.05) is 50.3 Å². The van der Waals surface area contributed by atoms with Crippen molar-refractivity contribution in [2.24, 2.45) is 0 Å². The van der Waals surface area contributed by atoms with Crippen molar-refractivity contribution in [2.45, 2.75) is 70.0 Å². The van der Waals surface area contributed by atoms with Crippen molar-refractivity contribution in [3.63, 3.8) is 0 Å². The Morgan fingerprint density at radius 3 is 2.53 bits per heavy atom. The van der Waals surface area contributed by atoms with Gasteiger partial charge in [-0.3, -0.25) is 14.5 Å². The summed E-state index contributed by atoms with van der Waals surface area (Å²) in [6.45, 7) is 6.91. The van der Waals surface area contributed by atoms with E-state index in [4.69, 9.17) is 4.74 Å². The molecule has 3 aliphatic rings. The van der Waals surface area contributed by atoms with Crippen molar-refractivity contribution in [1.82, 2.24) is 19.7 Å². The average molecular weight is 467 g/mol. The van der Waals surface area contributed by atoms with Gasteiger partial charge in [-0.25, -0.2) is 0 Å². The number of aromatic nitrogens is 1. The molecule has 1 saturated heterocycles. The highest BCUT2D eigenvalue weighted by atomic mass is 16.5. The van der Waals surface area contributed by atoms with Gasteiger partial charge >= 0.3 is 0 Å². The van der Waals surface area contributed by atoms with Gasteiger partial charge in [0.05, 0.1) is 19.8 Å². The van der Waals surface area contributed by atoms with Gasteiger partial charge in [-0.2, -0.15) is 0 Å². The molecule has 2 aliphatic heterocycles. The minimum atomic E-state index is -0.930. The first-order valence-electron chi connectivity index (χ1n) is 13.1. The van der Waals surface area contributed by atoms with Crippen LogP contribution in [-0.4, -0.2) is 77.2 Å². The van der Waals surface area contributed by atoms with Gasteiger partial charge in [0.2, 0.25) is 5.91 Å². The van der Waals surface area contributed by atoms with Crippen molar-refractivity contribution < 1.29 is 14.3 Å². The zero-order chi connectivity index (χ0) is 23.5. The Hall–Kier alpha value is -2.38. The third-order valence-corrected chi connectivity index (χ3v) is 8.01. The standard InChI is InChI=1S/C27H38N4O3/c1-27(26(33)28-22-10-5-3-2-4-6-11-22)20-30-23-12-8-7-9-21(23)19-24(30)25(32)31(27)14-13-29-15-17-34-18-16-29/h7-9,12,19,22H,2-6,10-11,13-18,20H2,1H3,(H,28,33)/t27-/m1/s1. The molecule has 184 valence electrons. The Bertz CT molecular complexity index is 1020. The summed E-state index contributed by atoms with van der Waals surface area (Å²) in [7, 11) is 0. The quantitative estimate of drug-likeness (QED) is 0.733. The number of ether oxygens (including phenoxy) is 1. The summed E-state index contributed by atoms with van der Waals surface area (Å²) in [6.07, 6.45) is 8.16. The molecule has 0 bridgehead atoms. The minimum Gasteiger partial charge on any atom is -0.379 e. The van der Waals surface area contributed by atoms with Gasteiger partial charge in [0.15, 0.2) is 0 Å². The molecule has 0 radical (unpaired) electrons. The molecule has 2 aromatic rings. The summed E-state index contributed by atoms with van der Waals surface area (Å²) < 4.78 is 7.54. The summed E-state index contributed by atoms with van der Waals surface area (Å²) in [5, 5.41) is 4.42. The third-order valence-electron chi connectivity index (χ3n) is 8.01. The monoisotopic (exact) mass is 466 g/mol. The first-order chi connectivity index (χ1) is 16.6. The largest absolute Gasteiger partial charge is 0.379 e. The fourth-order valence-corrected chi connectivity index (χ4v) is 5.86. The predicted molar refractivity (Wildman–Crippen MR) is 133 cm³/mol. The number of hydrogen-bond donors (Lipinski definition) is 1. The highest BCUT2D eigenvalue weighted by Crippen LogP contribution is 2.32. The molecular formula is C27H38N4O3. The number of fused-ring (bicyclic) bond motifs is 3. The van der Waals surface area contributed by atoms with Crippen LogP contribution in [0.15, 0.2) is 30.3 Å². The molecule has 3 heterocycles. The lowest BCUT2D eigenvalue weighted by Crippen LogP contribution is -2.65. The first-order valence-corrected chi connectivity index (χ1v) is 13.1. The topological polar surface area (TPSA) is 66.8 Å². The van der Waals surface area contributed by atoms with Crippen LogP contribution in [0.1, 0.15) is 62.4 Å². The first kappa shape index (κ1) is 23.4. The molecule has 1 aliphatic carbocycles. The molecule has 1 aromatic heterocycles. The fourth-order valence-electron chi connectivity index (χ4n) is 5.86. The van der Waals surface area contributed by atoms with Crippen LogP contribution >= 0.6 is 0 Å². The molecule has 0 spiro atoms. The van der Waals surface area contributed by atoms with Crippen LogP contribution in [0.2, 0.25) is 0 Å². The molecule has 0 unspecified atom stereocenters. The van der Waals surface area contributed by atoms with Crippen LogP contribution < -0.4 is 5.32 Å². The van der Waals surface area contributed by atoms with Gasteiger partial charge in [-0.05, 0) is 31.9 Å². The minimum absolute atomic E-state index is 0.0168. The number of morpholine rings is 1. The lowest BCUT2D eigenvalue weighted by atomic mass is 9.92. The average Bonchev–Trinajstić information content (AvgIpc) is 3.20. The summed E-state index contributed by atoms with van der Waals surface area (Å²) in [4.78, 5) is 31.9. The zero-order valence-electron chi connectivity index (χ0n) is 20.4. The SMILES string of the molecule is C[C@]1(C(=O)NC2CCCCCCC2)Cn2c(cc3ccccc32)C(=O)N1CCN1CCOCC1. The van der Waals surface area contributed by atoms with E-state index in [9.17, 15) is 9.59 Å². The second kappa shape index (κ2) is 10.1. The van der Waals surface area contributed by atoms with Crippen LogP contribution in [0.4, 0.5) is 0 Å². The van der Waals surface area contributed by atoms with Crippen LogP contribution in [0, 0.1) is 0 Å². The molecule has 2 fully saturated rings. The molecule has 1 atom stereocenters. The van der Waals surface area contributed by atoms with Crippen molar-refractivity contribution in [3.8, 4) is 0 Å². The summed E-state index contributed by atoms with van der Waals surface area (Å²) in [5.41, 5.74) is 0.767. The Morgan fingerprint density at radius 2 is 1.76 bits per heavy atom. The van der Waals surface area contributed by atoms with E-state index in [1.54, 1.807) is 0 Å². The molecule has 1 aromatic carbocycles.